The van der Waals surface area contributed by atoms with Gasteiger partial charge in [-0.05, 0) is 39.8 Å². The van der Waals surface area contributed by atoms with Crippen molar-refractivity contribution >= 4 is 10.0 Å². The van der Waals surface area contributed by atoms with E-state index in [2.05, 4.69) is 37.7 Å². The maximum absolute atomic E-state index is 13.7. The molecule has 1 heterocycles. The smallest absolute Gasteiger partial charge is 0.243 e. The van der Waals surface area contributed by atoms with E-state index in [0.717, 1.165) is 6.07 Å². The van der Waals surface area contributed by atoms with Gasteiger partial charge < -0.3 is 5.32 Å². The minimum absolute atomic E-state index is 0.0514. The molecule has 0 amide bonds. The first-order chi connectivity index (χ1) is 9.51. The molecule has 0 saturated carbocycles. The average molecular weight is 315 g/mol. The molecule has 3 N–H and O–H groups in total. The number of piperidine rings is 1. The van der Waals surface area contributed by atoms with Crippen molar-refractivity contribution in [1.29, 1.82) is 0 Å². The van der Waals surface area contributed by atoms with E-state index in [1.807, 2.05) is 0 Å². The Hall–Kier alpha value is -0.980. The quantitative estimate of drug-likeness (QED) is 0.885. The summed E-state index contributed by atoms with van der Waals surface area (Å²) in [6.45, 7) is 8.38. The lowest BCUT2D eigenvalue weighted by Gasteiger charge is -2.43. The molecule has 0 atom stereocenters. The molecule has 0 unspecified atom stereocenters. The highest BCUT2D eigenvalue weighted by Gasteiger charge is 2.43. The van der Waals surface area contributed by atoms with Crippen LogP contribution in [0.1, 0.15) is 40.5 Å². The van der Waals surface area contributed by atoms with Crippen molar-refractivity contribution in [3.8, 4) is 0 Å². The van der Waals surface area contributed by atoms with Gasteiger partial charge in [0.15, 0.2) is 0 Å². The lowest BCUT2D eigenvalue weighted by atomic mass is 9.80. The number of hydrogen-bond acceptors (Lipinski definition) is 2. The lowest BCUT2D eigenvalue weighted by molar-refractivity contribution is -0.787. The molecule has 1 saturated heterocycles. The van der Waals surface area contributed by atoms with Crippen molar-refractivity contribution in [2.75, 3.05) is 0 Å². The number of nitrogens with two attached hydrogens (primary N) is 1. The third-order valence-electron chi connectivity index (χ3n) is 3.77. The molecular formula is C15H24FN2O2S+. The summed E-state index contributed by atoms with van der Waals surface area (Å²) in [6, 6.07) is 5.28. The Morgan fingerprint density at radius 2 is 1.67 bits per heavy atom. The van der Waals surface area contributed by atoms with Gasteiger partial charge in [-0.25, -0.2) is 17.5 Å². The van der Waals surface area contributed by atoms with Gasteiger partial charge in [-0.2, -0.15) is 0 Å². The SMILES string of the molecule is CC1(C)CC(NS(=O)(=O)c2ccccc2F)CC(C)(C)[NH2+]1. The fourth-order valence-corrected chi connectivity index (χ4v) is 4.86. The predicted octanol–water partition coefficient (Wildman–Crippen LogP) is 1.39. The maximum Gasteiger partial charge on any atom is 0.243 e. The van der Waals surface area contributed by atoms with Crippen LogP contribution in [0.4, 0.5) is 4.39 Å². The molecule has 118 valence electrons. The molecule has 0 spiro atoms. The van der Waals surface area contributed by atoms with Crippen LogP contribution >= 0.6 is 0 Å². The summed E-state index contributed by atoms with van der Waals surface area (Å²) in [7, 11) is -3.83. The number of nitrogens with one attached hydrogen (secondary N) is 1. The predicted molar refractivity (Wildman–Crippen MR) is 79.8 cm³/mol. The van der Waals surface area contributed by atoms with Crippen LogP contribution in [0.5, 0.6) is 0 Å². The van der Waals surface area contributed by atoms with E-state index < -0.39 is 15.8 Å². The summed E-state index contributed by atoms with van der Waals surface area (Å²) in [6.07, 6.45) is 1.42. The maximum atomic E-state index is 13.7. The standard InChI is InChI=1S/C15H23FN2O2S/c1-14(2)9-11(10-15(3,4)18-14)17-21(19,20)13-8-6-5-7-12(13)16/h5-8,11,17-18H,9-10H2,1-4H3/p+1. The normalized spacial score (nSPS) is 22.1. The van der Waals surface area contributed by atoms with Crippen LogP contribution in [-0.2, 0) is 10.0 Å². The van der Waals surface area contributed by atoms with Gasteiger partial charge in [-0.15, -0.1) is 0 Å². The highest BCUT2D eigenvalue weighted by molar-refractivity contribution is 7.89. The Labute approximate surface area is 126 Å². The molecule has 4 nitrogen and oxygen atoms in total. The minimum atomic E-state index is -3.83. The van der Waals surface area contributed by atoms with E-state index in [-0.39, 0.29) is 22.0 Å². The molecule has 0 aliphatic carbocycles. The summed E-state index contributed by atoms with van der Waals surface area (Å²) in [5.74, 6) is -0.717. The molecule has 1 aromatic rings. The van der Waals surface area contributed by atoms with Gasteiger partial charge in [-0.1, -0.05) is 12.1 Å². The van der Waals surface area contributed by atoms with Crippen LogP contribution in [0.15, 0.2) is 29.2 Å². The van der Waals surface area contributed by atoms with Gasteiger partial charge in [-0.3, -0.25) is 0 Å². The van der Waals surface area contributed by atoms with Crippen LogP contribution in [0, 0.1) is 5.82 Å². The molecule has 0 aromatic heterocycles. The van der Waals surface area contributed by atoms with Crippen LogP contribution in [0.2, 0.25) is 0 Å². The summed E-state index contributed by atoms with van der Waals surface area (Å²) >= 11 is 0. The Morgan fingerprint density at radius 1 is 1.14 bits per heavy atom. The molecule has 1 aromatic carbocycles. The second kappa shape index (κ2) is 5.34. The highest BCUT2D eigenvalue weighted by atomic mass is 32.2. The van der Waals surface area contributed by atoms with Crippen molar-refractivity contribution in [3.05, 3.63) is 30.1 Å². The zero-order chi connectivity index (χ0) is 15.9. The Morgan fingerprint density at radius 3 is 2.19 bits per heavy atom. The molecule has 1 aliphatic heterocycles. The molecular weight excluding hydrogens is 291 g/mol. The van der Waals surface area contributed by atoms with Crippen molar-refractivity contribution in [2.45, 2.75) is 62.6 Å². The third kappa shape index (κ3) is 4.02. The van der Waals surface area contributed by atoms with Gasteiger partial charge in [0.2, 0.25) is 10.0 Å². The van der Waals surface area contributed by atoms with Crippen LogP contribution < -0.4 is 10.0 Å². The van der Waals surface area contributed by atoms with Crippen molar-refractivity contribution < 1.29 is 18.1 Å². The number of quaternary nitrogens is 1. The molecule has 0 radical (unpaired) electrons. The van der Waals surface area contributed by atoms with Gasteiger partial charge >= 0.3 is 0 Å². The number of benzene rings is 1. The zero-order valence-electron chi connectivity index (χ0n) is 13.0. The Kier molecular flexibility index (Phi) is 4.17. The lowest BCUT2D eigenvalue weighted by Crippen LogP contribution is -3.06. The van der Waals surface area contributed by atoms with E-state index in [4.69, 9.17) is 0 Å². The van der Waals surface area contributed by atoms with Gasteiger partial charge in [0, 0.05) is 18.9 Å². The Balaban J connectivity index is 2.23. The van der Waals surface area contributed by atoms with E-state index in [1.165, 1.54) is 18.2 Å². The van der Waals surface area contributed by atoms with E-state index in [1.54, 1.807) is 0 Å². The van der Waals surface area contributed by atoms with Crippen molar-refractivity contribution in [1.82, 2.24) is 4.72 Å². The monoisotopic (exact) mass is 315 g/mol. The molecule has 1 fully saturated rings. The number of hydrogen-bond donors (Lipinski definition) is 2. The summed E-state index contributed by atoms with van der Waals surface area (Å²) in [5.41, 5.74) is -0.103. The fraction of sp³-hybridized carbons (Fsp3) is 0.600. The minimum Gasteiger partial charge on any atom is -0.337 e. The van der Waals surface area contributed by atoms with Crippen LogP contribution in [-0.4, -0.2) is 25.5 Å². The van der Waals surface area contributed by atoms with E-state index in [0.29, 0.717) is 12.8 Å². The third-order valence-corrected chi connectivity index (χ3v) is 5.33. The topological polar surface area (TPSA) is 62.8 Å². The van der Waals surface area contributed by atoms with E-state index in [9.17, 15) is 12.8 Å². The highest BCUT2D eigenvalue weighted by Crippen LogP contribution is 2.24. The Bertz CT molecular complexity index is 610. The first kappa shape index (κ1) is 16.4. The molecule has 1 aliphatic rings. The summed E-state index contributed by atoms with van der Waals surface area (Å²) in [4.78, 5) is -0.282. The van der Waals surface area contributed by atoms with Crippen molar-refractivity contribution in [3.63, 3.8) is 0 Å². The van der Waals surface area contributed by atoms with Crippen LogP contribution in [0.3, 0.4) is 0 Å². The first-order valence-corrected chi connectivity index (χ1v) is 8.63. The average Bonchev–Trinajstić information content (AvgIpc) is 2.23. The molecule has 21 heavy (non-hydrogen) atoms. The second-order valence-corrected chi connectivity index (χ2v) is 8.96. The summed E-state index contributed by atoms with van der Waals surface area (Å²) in [5, 5.41) is 2.27. The van der Waals surface area contributed by atoms with Gasteiger partial charge in [0.05, 0.1) is 11.1 Å². The second-order valence-electron chi connectivity index (χ2n) is 7.28. The van der Waals surface area contributed by atoms with Gasteiger partial charge in [0.1, 0.15) is 10.7 Å². The van der Waals surface area contributed by atoms with Gasteiger partial charge in [0.25, 0.3) is 0 Å². The van der Waals surface area contributed by atoms with E-state index >= 15 is 0 Å². The number of halogens is 1. The van der Waals surface area contributed by atoms with Crippen molar-refractivity contribution in [2.24, 2.45) is 0 Å². The number of rotatable bonds is 3. The molecule has 0 bridgehead atoms. The number of sulfonamides is 1. The first-order valence-electron chi connectivity index (χ1n) is 7.15. The zero-order valence-corrected chi connectivity index (χ0v) is 13.8. The molecule has 2 rings (SSSR count). The fourth-order valence-electron chi connectivity index (χ4n) is 3.55. The molecule has 6 heteroatoms. The van der Waals surface area contributed by atoms with Crippen LogP contribution in [0.25, 0.3) is 0 Å². The summed E-state index contributed by atoms with van der Waals surface area (Å²) < 4.78 is 41.2. The largest absolute Gasteiger partial charge is 0.337 e.